The molecule has 0 aromatic heterocycles. The van der Waals surface area contributed by atoms with Crippen molar-refractivity contribution in [3.05, 3.63) is 351 Å². The highest BCUT2D eigenvalue weighted by molar-refractivity contribution is 7.90. The van der Waals surface area contributed by atoms with Gasteiger partial charge in [-0.3, -0.25) is 28.9 Å². The van der Waals surface area contributed by atoms with Crippen molar-refractivity contribution in [2.75, 3.05) is 99.0 Å². The Kier molecular flexibility index (Phi) is 30.0. The first-order chi connectivity index (χ1) is 68.9. The number of fused-ring (bicyclic) bond motifs is 1. The molecule has 26 heteroatoms. The van der Waals surface area contributed by atoms with Crippen molar-refractivity contribution < 1.29 is 65.7 Å². The fraction of sp³-hybridized carbons (Fsp3) is 0.373. The van der Waals surface area contributed by atoms with Crippen molar-refractivity contribution in [2.45, 2.75) is 179 Å². The van der Waals surface area contributed by atoms with Crippen molar-refractivity contribution in [1.82, 2.24) is 24.5 Å². The van der Waals surface area contributed by atoms with Crippen LogP contribution in [0.25, 0.3) is 0 Å². The summed E-state index contributed by atoms with van der Waals surface area (Å²) in [5.74, 6) is 1.85. The summed E-state index contributed by atoms with van der Waals surface area (Å²) in [6.07, 6.45) is 7.46. The third kappa shape index (κ3) is 21.4. The number of methoxy groups -OCH3 is 1. The van der Waals surface area contributed by atoms with Gasteiger partial charge in [0.1, 0.15) is 5.60 Å². The molecule has 144 heavy (non-hydrogen) atoms. The second-order valence-electron chi connectivity index (χ2n) is 42.7. The van der Waals surface area contributed by atoms with Gasteiger partial charge in [0, 0.05) is 97.7 Å². The lowest BCUT2D eigenvalue weighted by Crippen LogP contribution is -2.67. The van der Waals surface area contributed by atoms with Crippen LogP contribution >= 0.6 is 23.2 Å². The lowest BCUT2D eigenvalue weighted by molar-refractivity contribution is -0.185. The van der Waals surface area contributed by atoms with E-state index in [-0.39, 0.29) is 93.0 Å². The zero-order chi connectivity index (χ0) is 102. The Hall–Kier alpha value is -13.1. The molecule has 11 aromatic carbocycles. The molecule has 0 aliphatic carbocycles. The van der Waals surface area contributed by atoms with E-state index < -0.39 is 37.7 Å². The molecule has 9 aliphatic heterocycles. The van der Waals surface area contributed by atoms with Gasteiger partial charge in [-0.15, -0.1) is 0 Å². The molecule has 11 aromatic rings. The molecule has 9 heterocycles. The number of amides is 8. The van der Waals surface area contributed by atoms with Crippen molar-refractivity contribution in [1.29, 1.82) is 0 Å². The molecule has 0 bridgehead atoms. The maximum absolute atomic E-state index is 14.4. The van der Waals surface area contributed by atoms with Crippen molar-refractivity contribution >= 4 is 103 Å². The van der Waals surface area contributed by atoms with Crippen molar-refractivity contribution in [3.8, 4) is 11.5 Å². The highest BCUT2D eigenvalue weighted by Gasteiger charge is 2.67. The number of nitrogens with one attached hydrogen (secondary N) is 1. The first-order valence-corrected chi connectivity index (χ1v) is 52.7. The van der Waals surface area contributed by atoms with Gasteiger partial charge < -0.3 is 58.6 Å². The standard InChI is InChI=1S/C36H36N2O3.C30H33N3O2.C26H29ClN2O5.C26H31ClN2O4S/c39-35-36(19-21-37(22-20-36)26-27-17-18-31-32(25-27)41-24-10-23-40-31)34(30-15-8-3-9-16-30)38(35)33(28-11-4-1-5-12-28)29-13-6-2-7-14-29;1-29(2,3)23-14-16-24(17-15-23)31-28(35)32-20-18-30(19-21-32)26(22-10-6-4-7-11-22)33(27(30)34)25-12-8-5-9-13-25;1-25(2,3)34-24(32)28-15-13-26(14-16-28)21(17-5-9-19(27)10-6-17)29(23(26)31)20-11-7-18(8-12-20)22(30)33-4;1-25(2,3)17-22(30)28-15-13-26(14-16-28)23(18-5-7-19(27)8-6-18)29(24(26)31)20-9-11-21(12-10-20)34(4,32)33/h1-9,11-18,25,33-34H,10,19-24,26H2;4-17,26H,18-21H2,1-3H3,(H,31,35);5-12,21H,13-16H2,1-4H3;5-12,23H,13-17H2,1-4H3. The number of rotatable bonds is 16. The van der Waals surface area contributed by atoms with Gasteiger partial charge in [0.05, 0.1) is 82.7 Å². The minimum absolute atomic E-state index is 0.0158. The third-order valence-electron chi connectivity index (χ3n) is 29.9. The fourth-order valence-electron chi connectivity index (χ4n) is 22.4. The third-order valence-corrected chi connectivity index (χ3v) is 31.5. The molecule has 8 fully saturated rings. The van der Waals surface area contributed by atoms with Crippen LogP contribution in [0.15, 0.2) is 296 Å². The fourth-order valence-corrected chi connectivity index (χ4v) is 23.3. The molecule has 4 spiro atoms. The summed E-state index contributed by atoms with van der Waals surface area (Å²) in [6.45, 7) is 25.3. The zero-order valence-corrected chi connectivity index (χ0v) is 86.2. The zero-order valence-electron chi connectivity index (χ0n) is 83.9. The van der Waals surface area contributed by atoms with Gasteiger partial charge >= 0.3 is 18.1 Å². The number of benzene rings is 11. The first kappa shape index (κ1) is 102. The molecule has 8 saturated heterocycles. The number of carbonyl (C=O) groups excluding carboxylic acids is 8. The minimum atomic E-state index is -3.33. The highest BCUT2D eigenvalue weighted by Crippen LogP contribution is 2.63. The summed E-state index contributed by atoms with van der Waals surface area (Å²) in [4.78, 5) is 121. The Labute approximate surface area is 856 Å². The average molecular weight is 2000 g/mol. The van der Waals surface area contributed by atoms with Crippen LogP contribution in [0.5, 0.6) is 11.5 Å². The van der Waals surface area contributed by atoms with Crippen LogP contribution in [-0.2, 0) is 55.2 Å². The molecule has 750 valence electrons. The number of anilines is 4. The van der Waals surface area contributed by atoms with Gasteiger partial charge in [-0.25, -0.2) is 22.8 Å². The Morgan fingerprint density at radius 3 is 1.27 bits per heavy atom. The van der Waals surface area contributed by atoms with Gasteiger partial charge in [-0.05, 0) is 250 Å². The van der Waals surface area contributed by atoms with Crippen LogP contribution < -0.4 is 29.5 Å². The number of likely N-dealkylation sites (tertiary alicyclic amines) is 5. The van der Waals surface area contributed by atoms with Crippen LogP contribution in [0.4, 0.5) is 32.3 Å². The monoisotopic (exact) mass is 2000 g/mol. The number of hydrogen-bond donors (Lipinski definition) is 1. The van der Waals surface area contributed by atoms with Crippen molar-refractivity contribution in [2.24, 2.45) is 27.1 Å². The topological polar surface area (TPSA) is 246 Å². The molecular formula is C118H129Cl2N9O14S. The van der Waals surface area contributed by atoms with Crippen molar-refractivity contribution in [3.63, 3.8) is 0 Å². The number of carbonyl (C=O) groups is 8. The molecule has 23 nitrogen and oxygen atoms in total. The van der Waals surface area contributed by atoms with E-state index in [0.717, 1.165) is 95.8 Å². The summed E-state index contributed by atoms with van der Waals surface area (Å²) >= 11 is 12.2. The van der Waals surface area contributed by atoms with Crippen LogP contribution in [0.3, 0.4) is 0 Å². The van der Waals surface area contributed by atoms with Crippen LogP contribution in [0.1, 0.15) is 212 Å². The Bertz CT molecular complexity index is 6500. The number of β-lactam (4-membered cyclic amide) rings is 4. The lowest BCUT2D eigenvalue weighted by Gasteiger charge is -2.61. The van der Waals surface area contributed by atoms with Gasteiger partial charge in [0.15, 0.2) is 21.3 Å². The molecule has 0 saturated carbocycles. The lowest BCUT2D eigenvalue weighted by atomic mass is 9.61. The van der Waals surface area contributed by atoms with Gasteiger partial charge in [0.2, 0.25) is 29.5 Å². The number of para-hydroxylation sites is 1. The minimum Gasteiger partial charge on any atom is -0.490 e. The Morgan fingerprint density at radius 1 is 0.438 bits per heavy atom. The number of halogens is 2. The molecule has 8 amide bonds. The summed E-state index contributed by atoms with van der Waals surface area (Å²) < 4.78 is 45.8. The molecule has 0 radical (unpaired) electrons. The molecule has 20 rings (SSSR count). The molecule has 9 aliphatic rings. The predicted octanol–water partition coefficient (Wildman–Crippen LogP) is 23.3. The van der Waals surface area contributed by atoms with E-state index in [1.54, 1.807) is 51.1 Å². The normalized spacial score (nSPS) is 19.9. The molecule has 4 unspecified atom stereocenters. The number of ether oxygens (including phenoxy) is 4. The number of nitrogens with zero attached hydrogens (tertiary/aromatic N) is 8. The number of urea groups is 1. The quantitative estimate of drug-likeness (QED) is 0.0698. The Balaban J connectivity index is 0.000000132. The number of hydrogen-bond acceptors (Lipinski definition) is 15. The van der Waals surface area contributed by atoms with E-state index in [4.69, 9.17) is 42.1 Å². The van der Waals surface area contributed by atoms with Crippen LogP contribution in [-0.4, -0.2) is 165 Å². The van der Waals surface area contributed by atoms with E-state index in [2.05, 4.69) is 172 Å². The smallest absolute Gasteiger partial charge is 0.410 e. The van der Waals surface area contributed by atoms with Gasteiger partial charge in [0.25, 0.3) is 0 Å². The largest absolute Gasteiger partial charge is 0.490 e. The van der Waals surface area contributed by atoms with E-state index >= 15 is 0 Å². The maximum atomic E-state index is 14.4. The number of sulfone groups is 1. The SMILES string of the molecule is CC(C)(C)CC(=O)N1CCC2(CC1)C(=O)N(c1ccc(S(C)(=O)=O)cc1)C2c1ccc(Cl)cc1.CC(C)(C)c1ccc(NC(=O)N2CCC3(CC2)C(=O)N(c2ccccc2)C3c2ccccc2)cc1.COC(=O)c1ccc(N2C(=O)C3(CCN(C(=O)OC(C)(C)C)CC3)C2c2ccc(Cl)cc2)cc1.O=C1N(C(c2ccccc2)c2ccccc2)C(c2ccccc2)C12CCN(Cc1ccc3c(c1)OCCCO3)CC2. The molecular weight excluding hydrogens is 1870 g/mol. The highest BCUT2D eigenvalue weighted by atomic mass is 35.5. The average Bonchev–Trinajstić information content (AvgIpc) is 0.722. The van der Waals surface area contributed by atoms with E-state index in [9.17, 15) is 46.8 Å². The first-order valence-electron chi connectivity index (χ1n) is 50.0. The predicted molar refractivity (Wildman–Crippen MR) is 563 cm³/mol. The van der Waals surface area contributed by atoms with Gasteiger partial charge in [-0.2, -0.15) is 0 Å². The second kappa shape index (κ2) is 42.3. The number of piperidine rings is 4. The summed E-state index contributed by atoms with van der Waals surface area (Å²) in [5.41, 5.74) is 9.93. The van der Waals surface area contributed by atoms with Gasteiger partial charge in [-0.1, -0.05) is 247 Å². The summed E-state index contributed by atoms with van der Waals surface area (Å²) in [7, 11) is -2.00. The second-order valence-corrected chi connectivity index (χ2v) is 45.6. The Morgan fingerprint density at radius 2 is 0.833 bits per heavy atom. The summed E-state index contributed by atoms with van der Waals surface area (Å²) in [5, 5.41) is 4.28. The van der Waals surface area contributed by atoms with E-state index in [0.29, 0.717) is 124 Å². The number of esters is 1. The van der Waals surface area contributed by atoms with Crippen LogP contribution in [0, 0.1) is 27.1 Å². The summed E-state index contributed by atoms with van der Waals surface area (Å²) in [6, 6.07) is 93.8. The van der Waals surface area contributed by atoms with Crippen LogP contribution in [0.2, 0.25) is 10.0 Å². The van der Waals surface area contributed by atoms with E-state index in [1.807, 2.05) is 163 Å². The molecule has 4 atom stereocenters. The molecule has 1 N–H and O–H groups in total. The van der Waals surface area contributed by atoms with E-state index in [1.165, 1.54) is 35.9 Å². The maximum Gasteiger partial charge on any atom is 0.410 e.